The van der Waals surface area contributed by atoms with Crippen molar-refractivity contribution in [1.82, 2.24) is 19.9 Å². The lowest BCUT2D eigenvalue weighted by Crippen LogP contribution is -2.44. The first-order valence-electron chi connectivity index (χ1n) is 9.02. The van der Waals surface area contributed by atoms with Crippen molar-refractivity contribution in [2.24, 2.45) is 0 Å². The molecule has 3 aromatic rings. The topological polar surface area (TPSA) is 57.2 Å². The van der Waals surface area contributed by atoms with Crippen LogP contribution in [0.3, 0.4) is 0 Å². The number of hydrogen-bond donors (Lipinski definition) is 1. The average Bonchev–Trinajstić information content (AvgIpc) is 2.70. The highest BCUT2D eigenvalue weighted by atomic mass is 35.5. The number of halogens is 2. The van der Waals surface area contributed by atoms with Crippen LogP contribution in [-0.4, -0.2) is 53.1 Å². The summed E-state index contributed by atoms with van der Waals surface area (Å²) in [7, 11) is 2.15. The Morgan fingerprint density at radius 2 is 1.64 bits per heavy atom. The Kier molecular flexibility index (Phi) is 5.62. The predicted octanol–water partition coefficient (Wildman–Crippen LogP) is 4.34. The van der Waals surface area contributed by atoms with E-state index in [2.05, 4.69) is 43.2 Å². The molecule has 1 aliphatic rings. The van der Waals surface area contributed by atoms with Gasteiger partial charge >= 0.3 is 0 Å². The van der Waals surface area contributed by atoms with Gasteiger partial charge in [-0.25, -0.2) is 9.97 Å². The summed E-state index contributed by atoms with van der Waals surface area (Å²) in [5.41, 5.74) is 2.70. The van der Waals surface area contributed by atoms with Gasteiger partial charge in [-0.15, -0.1) is 0 Å². The Balaban J connectivity index is 1.47. The van der Waals surface area contributed by atoms with E-state index in [-0.39, 0.29) is 0 Å². The molecule has 0 spiro atoms. The first kappa shape index (κ1) is 18.9. The number of rotatable bonds is 4. The number of nitrogens with one attached hydrogen (secondary N) is 1. The maximum absolute atomic E-state index is 6.45. The summed E-state index contributed by atoms with van der Waals surface area (Å²) >= 11 is 12.7. The molecule has 6 nitrogen and oxygen atoms in total. The van der Waals surface area contributed by atoms with E-state index in [1.165, 1.54) is 0 Å². The van der Waals surface area contributed by atoms with Crippen molar-refractivity contribution in [3.63, 3.8) is 0 Å². The molecule has 0 saturated carbocycles. The number of anilines is 3. The van der Waals surface area contributed by atoms with Gasteiger partial charge in [0, 0.05) is 62.0 Å². The summed E-state index contributed by atoms with van der Waals surface area (Å²) < 4.78 is 0. The zero-order valence-electron chi connectivity index (χ0n) is 15.4. The zero-order valence-corrected chi connectivity index (χ0v) is 17.0. The zero-order chi connectivity index (χ0) is 19.5. The molecule has 1 aliphatic heterocycles. The van der Waals surface area contributed by atoms with Gasteiger partial charge in [-0.3, -0.25) is 4.98 Å². The number of likely N-dealkylation sites (N-methyl/N-ethyl adjacent to an activating group) is 1. The maximum atomic E-state index is 6.45. The number of hydrogen-bond acceptors (Lipinski definition) is 6. The van der Waals surface area contributed by atoms with E-state index >= 15 is 0 Å². The summed E-state index contributed by atoms with van der Waals surface area (Å²) in [4.78, 5) is 17.6. The fourth-order valence-corrected chi connectivity index (χ4v) is 3.61. The van der Waals surface area contributed by atoms with Crippen LogP contribution >= 0.6 is 23.2 Å². The monoisotopic (exact) mass is 414 g/mol. The second kappa shape index (κ2) is 8.31. The Morgan fingerprint density at radius 3 is 2.32 bits per heavy atom. The Bertz CT molecular complexity index is 955. The minimum Gasteiger partial charge on any atom is -0.368 e. The number of piperazine rings is 1. The van der Waals surface area contributed by atoms with E-state index in [0.717, 1.165) is 48.8 Å². The lowest BCUT2D eigenvalue weighted by molar-refractivity contribution is 0.313. The van der Waals surface area contributed by atoms with E-state index in [9.17, 15) is 0 Å². The fourth-order valence-electron chi connectivity index (χ4n) is 3.13. The van der Waals surface area contributed by atoms with Gasteiger partial charge in [-0.2, -0.15) is 0 Å². The van der Waals surface area contributed by atoms with Crippen molar-refractivity contribution in [1.29, 1.82) is 0 Å². The largest absolute Gasteiger partial charge is 0.368 e. The van der Waals surface area contributed by atoms with Crippen LogP contribution in [0.25, 0.3) is 11.1 Å². The van der Waals surface area contributed by atoms with Crippen LogP contribution in [0.4, 0.5) is 17.3 Å². The lowest BCUT2D eigenvalue weighted by atomic mass is 10.1. The van der Waals surface area contributed by atoms with Gasteiger partial charge in [-0.05, 0) is 25.2 Å². The number of aromatic nitrogens is 3. The van der Waals surface area contributed by atoms with E-state index in [4.69, 9.17) is 23.2 Å². The molecule has 1 N–H and O–H groups in total. The predicted molar refractivity (Wildman–Crippen MR) is 115 cm³/mol. The number of pyridine rings is 3. The van der Waals surface area contributed by atoms with Crippen molar-refractivity contribution in [2.45, 2.75) is 0 Å². The third-order valence-corrected chi connectivity index (χ3v) is 5.40. The second-order valence-electron chi connectivity index (χ2n) is 6.72. The quantitative estimate of drug-likeness (QED) is 0.684. The molecule has 1 saturated heterocycles. The van der Waals surface area contributed by atoms with Crippen molar-refractivity contribution in [3.8, 4) is 11.1 Å². The standard InChI is InChI=1S/C20H20Cl2N6/c1-27-6-8-28(9-7-27)14-2-3-19(24-11-14)26-20-10-17(21)16(12-25-20)15-4-5-23-13-18(15)22/h2-5,10-13H,6-9H2,1H3,(H,24,25,26). The molecular weight excluding hydrogens is 395 g/mol. The molecular formula is C20H20Cl2N6. The molecule has 8 heteroatoms. The van der Waals surface area contributed by atoms with E-state index in [1.807, 2.05) is 18.3 Å². The molecule has 3 aromatic heterocycles. The Morgan fingerprint density at radius 1 is 0.857 bits per heavy atom. The smallest absolute Gasteiger partial charge is 0.132 e. The van der Waals surface area contributed by atoms with Crippen LogP contribution in [0.5, 0.6) is 0 Å². The molecule has 0 bridgehead atoms. The van der Waals surface area contributed by atoms with Crippen molar-refractivity contribution in [2.75, 3.05) is 43.4 Å². The lowest BCUT2D eigenvalue weighted by Gasteiger charge is -2.33. The molecule has 4 rings (SSSR count). The minimum atomic E-state index is 0.535. The van der Waals surface area contributed by atoms with Gasteiger partial charge in [0.25, 0.3) is 0 Å². The highest BCUT2D eigenvalue weighted by Gasteiger charge is 2.14. The normalized spacial score (nSPS) is 14.9. The highest BCUT2D eigenvalue weighted by Crippen LogP contribution is 2.33. The van der Waals surface area contributed by atoms with Gasteiger partial charge in [-0.1, -0.05) is 23.2 Å². The van der Waals surface area contributed by atoms with E-state index < -0.39 is 0 Å². The Labute approximate surface area is 174 Å². The van der Waals surface area contributed by atoms with Crippen LogP contribution in [-0.2, 0) is 0 Å². The van der Waals surface area contributed by atoms with E-state index in [0.29, 0.717) is 15.9 Å². The van der Waals surface area contributed by atoms with Crippen molar-refractivity contribution in [3.05, 3.63) is 59.1 Å². The minimum absolute atomic E-state index is 0.535. The van der Waals surface area contributed by atoms with Crippen LogP contribution in [0.15, 0.2) is 49.1 Å². The molecule has 144 valence electrons. The van der Waals surface area contributed by atoms with E-state index in [1.54, 1.807) is 24.7 Å². The summed E-state index contributed by atoms with van der Waals surface area (Å²) in [5, 5.41) is 4.29. The van der Waals surface area contributed by atoms with Crippen LogP contribution in [0.2, 0.25) is 10.0 Å². The summed E-state index contributed by atoms with van der Waals surface area (Å²) in [6, 6.07) is 7.62. The first-order valence-corrected chi connectivity index (χ1v) is 9.78. The molecule has 28 heavy (non-hydrogen) atoms. The fraction of sp³-hybridized carbons (Fsp3) is 0.250. The van der Waals surface area contributed by atoms with Crippen LogP contribution in [0.1, 0.15) is 0 Å². The third kappa shape index (κ3) is 4.19. The summed E-state index contributed by atoms with van der Waals surface area (Å²) in [6.07, 6.45) is 6.85. The Hall–Kier alpha value is -2.41. The summed E-state index contributed by atoms with van der Waals surface area (Å²) in [6.45, 7) is 4.16. The maximum Gasteiger partial charge on any atom is 0.132 e. The number of nitrogens with zero attached hydrogens (tertiary/aromatic N) is 5. The van der Waals surface area contributed by atoms with Crippen LogP contribution < -0.4 is 10.2 Å². The van der Waals surface area contributed by atoms with Gasteiger partial charge < -0.3 is 15.1 Å². The van der Waals surface area contributed by atoms with Crippen molar-refractivity contribution >= 4 is 40.5 Å². The van der Waals surface area contributed by atoms with Gasteiger partial charge in [0.2, 0.25) is 0 Å². The van der Waals surface area contributed by atoms with Gasteiger partial charge in [0.1, 0.15) is 11.6 Å². The van der Waals surface area contributed by atoms with Gasteiger partial charge in [0.15, 0.2) is 0 Å². The third-order valence-electron chi connectivity index (χ3n) is 4.79. The SMILES string of the molecule is CN1CCN(c2ccc(Nc3cc(Cl)c(-c4ccncc4Cl)cn3)nc2)CC1. The van der Waals surface area contributed by atoms with Crippen LogP contribution in [0, 0.1) is 0 Å². The molecule has 0 amide bonds. The van der Waals surface area contributed by atoms with Crippen molar-refractivity contribution < 1.29 is 0 Å². The highest BCUT2D eigenvalue weighted by molar-refractivity contribution is 6.36. The molecule has 0 radical (unpaired) electrons. The van der Waals surface area contributed by atoms with Gasteiger partial charge in [0.05, 0.1) is 21.9 Å². The molecule has 4 heterocycles. The second-order valence-corrected chi connectivity index (χ2v) is 7.54. The molecule has 0 aliphatic carbocycles. The molecule has 0 unspecified atom stereocenters. The summed E-state index contributed by atoms with van der Waals surface area (Å²) in [5.74, 6) is 1.34. The molecule has 1 fully saturated rings. The molecule has 0 aromatic carbocycles. The molecule has 0 atom stereocenters. The average molecular weight is 415 g/mol. The first-order chi connectivity index (χ1) is 13.6.